The molecule has 0 atom stereocenters. The minimum absolute atomic E-state index is 0.232. The summed E-state index contributed by atoms with van der Waals surface area (Å²) in [7, 11) is 0. The van der Waals surface area contributed by atoms with Gasteiger partial charge in [0.25, 0.3) is 11.8 Å². The van der Waals surface area contributed by atoms with Gasteiger partial charge in [0.1, 0.15) is 11.6 Å². The summed E-state index contributed by atoms with van der Waals surface area (Å²) in [6, 6.07) is 24.7. The molecule has 0 saturated carbocycles. The molecule has 35 heavy (non-hydrogen) atoms. The number of halogens is 2. The van der Waals surface area contributed by atoms with E-state index in [1.165, 1.54) is 24.3 Å². The van der Waals surface area contributed by atoms with E-state index in [2.05, 4.69) is 20.6 Å². The molecule has 2 amide bonds. The summed E-state index contributed by atoms with van der Waals surface area (Å²) in [5, 5.41) is 6.16. The Morgan fingerprint density at radius 2 is 1.31 bits per heavy atom. The van der Waals surface area contributed by atoms with E-state index < -0.39 is 0 Å². The van der Waals surface area contributed by atoms with Crippen LogP contribution < -0.4 is 10.6 Å². The summed E-state index contributed by atoms with van der Waals surface area (Å²) in [6.07, 6.45) is 0. The standard InChI is InChI=1S/C27H18ClFN4O2/c28-19-6-1-17(2-7-19)26(34)30-21-10-3-16(4-11-21)25-32-23-14-5-18(15-24(23)33-25)27(35)31-22-12-8-20(29)9-13-22/h1-15H,(H,30,34)(H,31,35)(H,32,33). The number of aromatic nitrogens is 2. The molecule has 5 rings (SSSR count). The van der Waals surface area contributed by atoms with Gasteiger partial charge in [0.15, 0.2) is 0 Å². The van der Waals surface area contributed by atoms with E-state index in [4.69, 9.17) is 11.6 Å². The third-order valence-electron chi connectivity index (χ3n) is 5.37. The van der Waals surface area contributed by atoms with E-state index in [0.29, 0.717) is 44.4 Å². The predicted octanol–water partition coefficient (Wildman–Crippen LogP) is 6.53. The van der Waals surface area contributed by atoms with Crippen molar-refractivity contribution in [2.24, 2.45) is 0 Å². The molecule has 1 heterocycles. The molecule has 0 radical (unpaired) electrons. The second-order valence-corrected chi connectivity index (χ2v) is 8.25. The maximum Gasteiger partial charge on any atom is 0.255 e. The number of hydrogen-bond donors (Lipinski definition) is 3. The topological polar surface area (TPSA) is 86.9 Å². The minimum atomic E-state index is -0.369. The molecule has 0 saturated heterocycles. The molecular weight excluding hydrogens is 467 g/mol. The summed E-state index contributed by atoms with van der Waals surface area (Å²) in [4.78, 5) is 32.8. The van der Waals surface area contributed by atoms with Crippen molar-refractivity contribution in [3.8, 4) is 11.4 Å². The van der Waals surface area contributed by atoms with Crippen LogP contribution in [0.5, 0.6) is 0 Å². The van der Waals surface area contributed by atoms with Crippen LogP contribution >= 0.6 is 11.6 Å². The van der Waals surface area contributed by atoms with E-state index in [1.54, 1.807) is 54.6 Å². The number of carbonyl (C=O) groups excluding carboxylic acids is 2. The Balaban J connectivity index is 1.30. The van der Waals surface area contributed by atoms with Gasteiger partial charge in [0.05, 0.1) is 11.0 Å². The van der Waals surface area contributed by atoms with Gasteiger partial charge in [-0.15, -0.1) is 0 Å². The molecule has 0 bridgehead atoms. The zero-order valence-electron chi connectivity index (χ0n) is 18.2. The van der Waals surface area contributed by atoms with Crippen LogP contribution in [0.4, 0.5) is 15.8 Å². The summed E-state index contributed by atoms with van der Waals surface area (Å²) >= 11 is 5.87. The van der Waals surface area contributed by atoms with Crippen molar-refractivity contribution in [2.75, 3.05) is 10.6 Å². The number of anilines is 2. The Hall–Kier alpha value is -4.49. The van der Waals surface area contributed by atoms with E-state index >= 15 is 0 Å². The van der Waals surface area contributed by atoms with Crippen molar-refractivity contribution >= 4 is 45.8 Å². The Bertz CT molecular complexity index is 1530. The number of H-pyrrole nitrogens is 1. The monoisotopic (exact) mass is 484 g/mol. The molecule has 0 aliphatic heterocycles. The average Bonchev–Trinajstić information content (AvgIpc) is 3.30. The minimum Gasteiger partial charge on any atom is -0.338 e. The van der Waals surface area contributed by atoms with Crippen LogP contribution in [0.2, 0.25) is 5.02 Å². The number of carbonyl (C=O) groups is 2. The third kappa shape index (κ3) is 5.05. The van der Waals surface area contributed by atoms with E-state index in [0.717, 1.165) is 5.56 Å². The quantitative estimate of drug-likeness (QED) is 0.265. The SMILES string of the molecule is O=C(Nc1ccc(-c2nc3ccc(C(=O)Nc4ccc(F)cc4)cc3[nH]2)cc1)c1ccc(Cl)cc1. The van der Waals surface area contributed by atoms with E-state index in [-0.39, 0.29) is 17.6 Å². The summed E-state index contributed by atoms with van der Waals surface area (Å²) < 4.78 is 13.1. The van der Waals surface area contributed by atoms with Gasteiger partial charge >= 0.3 is 0 Å². The molecule has 8 heteroatoms. The van der Waals surface area contributed by atoms with Crippen LogP contribution in [0.15, 0.2) is 91.0 Å². The lowest BCUT2D eigenvalue weighted by molar-refractivity contribution is 0.101. The van der Waals surface area contributed by atoms with Crippen molar-refractivity contribution < 1.29 is 14.0 Å². The maximum absolute atomic E-state index is 13.1. The lowest BCUT2D eigenvalue weighted by atomic mass is 10.1. The first-order valence-electron chi connectivity index (χ1n) is 10.7. The molecule has 0 aliphatic carbocycles. The van der Waals surface area contributed by atoms with Crippen molar-refractivity contribution in [3.05, 3.63) is 113 Å². The zero-order valence-corrected chi connectivity index (χ0v) is 18.9. The fourth-order valence-corrected chi connectivity index (χ4v) is 3.67. The van der Waals surface area contributed by atoms with Crippen molar-refractivity contribution in [2.45, 2.75) is 0 Å². The number of imidazole rings is 1. The number of nitrogens with zero attached hydrogens (tertiary/aromatic N) is 1. The highest BCUT2D eigenvalue weighted by atomic mass is 35.5. The lowest BCUT2D eigenvalue weighted by Gasteiger charge is -2.06. The second kappa shape index (κ2) is 9.40. The molecule has 1 aromatic heterocycles. The highest BCUT2D eigenvalue weighted by Crippen LogP contribution is 2.24. The van der Waals surface area contributed by atoms with E-state index in [9.17, 15) is 14.0 Å². The Kier molecular flexibility index (Phi) is 5.99. The van der Waals surface area contributed by atoms with Gasteiger partial charge in [-0.25, -0.2) is 9.37 Å². The van der Waals surface area contributed by atoms with Crippen LogP contribution in [0.25, 0.3) is 22.4 Å². The number of amides is 2. The van der Waals surface area contributed by atoms with Gasteiger partial charge < -0.3 is 15.6 Å². The zero-order chi connectivity index (χ0) is 24.4. The van der Waals surface area contributed by atoms with Crippen LogP contribution in [-0.4, -0.2) is 21.8 Å². The van der Waals surface area contributed by atoms with Crippen LogP contribution in [0.3, 0.4) is 0 Å². The molecule has 0 aliphatic rings. The largest absolute Gasteiger partial charge is 0.338 e. The van der Waals surface area contributed by atoms with Crippen molar-refractivity contribution in [1.29, 1.82) is 0 Å². The molecule has 172 valence electrons. The second-order valence-electron chi connectivity index (χ2n) is 7.82. The van der Waals surface area contributed by atoms with Crippen molar-refractivity contribution in [1.82, 2.24) is 9.97 Å². The number of rotatable bonds is 5. The molecule has 0 fully saturated rings. The number of nitrogens with one attached hydrogen (secondary N) is 3. The summed E-state index contributed by atoms with van der Waals surface area (Å²) in [5.74, 6) is -0.280. The first-order valence-corrected chi connectivity index (χ1v) is 11.1. The highest BCUT2D eigenvalue weighted by molar-refractivity contribution is 6.30. The number of fused-ring (bicyclic) bond motifs is 1. The van der Waals surface area contributed by atoms with Gasteiger partial charge in [0.2, 0.25) is 0 Å². The number of hydrogen-bond acceptors (Lipinski definition) is 3. The fraction of sp³-hybridized carbons (Fsp3) is 0. The average molecular weight is 485 g/mol. The fourth-order valence-electron chi connectivity index (χ4n) is 3.54. The van der Waals surface area contributed by atoms with Crippen LogP contribution in [0, 0.1) is 5.82 Å². The smallest absolute Gasteiger partial charge is 0.255 e. The summed E-state index contributed by atoms with van der Waals surface area (Å²) in [6.45, 7) is 0. The van der Waals surface area contributed by atoms with Crippen LogP contribution in [-0.2, 0) is 0 Å². The molecule has 0 spiro atoms. The number of aromatic amines is 1. The molecular formula is C27H18ClFN4O2. The van der Waals surface area contributed by atoms with Gasteiger partial charge in [-0.2, -0.15) is 0 Å². The Labute approximate surface area is 204 Å². The van der Waals surface area contributed by atoms with E-state index in [1.807, 2.05) is 12.1 Å². The number of benzene rings is 4. The van der Waals surface area contributed by atoms with Crippen LogP contribution in [0.1, 0.15) is 20.7 Å². The predicted molar refractivity (Wildman–Crippen MR) is 135 cm³/mol. The highest BCUT2D eigenvalue weighted by Gasteiger charge is 2.11. The van der Waals surface area contributed by atoms with Gasteiger partial charge in [-0.3, -0.25) is 9.59 Å². The molecule has 4 aromatic carbocycles. The summed E-state index contributed by atoms with van der Waals surface area (Å²) in [5.41, 5.74) is 4.33. The maximum atomic E-state index is 13.1. The molecule has 5 aromatic rings. The molecule has 3 N–H and O–H groups in total. The Morgan fingerprint density at radius 1 is 0.743 bits per heavy atom. The first-order chi connectivity index (χ1) is 16.9. The van der Waals surface area contributed by atoms with Crippen molar-refractivity contribution in [3.63, 3.8) is 0 Å². The normalized spacial score (nSPS) is 10.8. The third-order valence-corrected chi connectivity index (χ3v) is 5.62. The molecule has 0 unspecified atom stereocenters. The molecule has 6 nitrogen and oxygen atoms in total. The van der Waals surface area contributed by atoms with Gasteiger partial charge in [0, 0.05) is 33.1 Å². The van der Waals surface area contributed by atoms with Gasteiger partial charge in [-0.1, -0.05) is 11.6 Å². The lowest BCUT2D eigenvalue weighted by Crippen LogP contribution is -2.11. The first kappa shape index (κ1) is 22.3. The van der Waals surface area contributed by atoms with Gasteiger partial charge in [-0.05, 0) is 91.0 Å². The Morgan fingerprint density at radius 3 is 1.97 bits per heavy atom.